The number of hydrogen-bond donors (Lipinski definition) is 0. The number of benzene rings is 1. The monoisotopic (exact) mass is 296 g/mol. The molecule has 1 heterocycles. The molecule has 2 aromatic rings. The van der Waals surface area contributed by atoms with Crippen molar-refractivity contribution in [3.8, 4) is 0 Å². The Morgan fingerprint density at radius 1 is 1.16 bits per heavy atom. The molecule has 1 atom stereocenters. The van der Waals surface area contributed by atoms with Crippen LogP contribution in [0.5, 0.6) is 0 Å². The summed E-state index contributed by atoms with van der Waals surface area (Å²) < 4.78 is 13.6. The number of alkyl halides is 1. The first-order valence-corrected chi connectivity index (χ1v) is 7.61. The fourth-order valence-corrected chi connectivity index (χ4v) is 3.30. The Kier molecular flexibility index (Phi) is 4.32. The summed E-state index contributed by atoms with van der Waals surface area (Å²) in [5, 5.41) is -0.169. The van der Waals surface area contributed by atoms with E-state index in [0.29, 0.717) is 12.0 Å². The molecule has 1 aromatic heterocycles. The fraction of sp³-hybridized carbons (Fsp3) is 0.375. The predicted molar refractivity (Wildman–Crippen MR) is 81.7 cm³/mol. The molecule has 0 nitrogen and oxygen atoms in total. The van der Waals surface area contributed by atoms with Gasteiger partial charge in [0.1, 0.15) is 5.82 Å². The van der Waals surface area contributed by atoms with Crippen LogP contribution >= 0.6 is 22.9 Å². The highest BCUT2D eigenvalue weighted by Crippen LogP contribution is 2.36. The fourth-order valence-electron chi connectivity index (χ4n) is 1.88. The lowest BCUT2D eigenvalue weighted by Gasteiger charge is -2.15. The van der Waals surface area contributed by atoms with Gasteiger partial charge in [0.2, 0.25) is 0 Å². The Morgan fingerprint density at radius 2 is 1.84 bits per heavy atom. The zero-order valence-corrected chi connectivity index (χ0v) is 13.0. The summed E-state index contributed by atoms with van der Waals surface area (Å²) in [6.45, 7) is 6.55. The van der Waals surface area contributed by atoms with Gasteiger partial charge in [-0.2, -0.15) is 0 Å². The van der Waals surface area contributed by atoms with Gasteiger partial charge in [-0.05, 0) is 35.6 Å². The van der Waals surface area contributed by atoms with Crippen molar-refractivity contribution in [1.29, 1.82) is 0 Å². The standard InChI is InChI=1S/C16H18ClFS/c1-16(2,3)15-9-8-14(19-15)12(17)10-11-6-4-5-7-13(11)18/h4-9,12H,10H2,1-3H3. The van der Waals surface area contributed by atoms with Gasteiger partial charge in [-0.3, -0.25) is 0 Å². The molecule has 102 valence electrons. The number of thiophene rings is 1. The van der Waals surface area contributed by atoms with Crippen molar-refractivity contribution in [3.05, 3.63) is 57.5 Å². The zero-order valence-electron chi connectivity index (χ0n) is 11.4. The van der Waals surface area contributed by atoms with Crippen LogP contribution in [0.25, 0.3) is 0 Å². The first-order valence-electron chi connectivity index (χ1n) is 6.35. The maximum absolute atomic E-state index is 13.6. The molecular formula is C16H18ClFS. The van der Waals surface area contributed by atoms with Gasteiger partial charge in [-0.25, -0.2) is 4.39 Å². The summed E-state index contributed by atoms with van der Waals surface area (Å²) >= 11 is 8.14. The van der Waals surface area contributed by atoms with Crippen LogP contribution in [-0.2, 0) is 11.8 Å². The molecule has 3 heteroatoms. The van der Waals surface area contributed by atoms with Crippen LogP contribution in [0.3, 0.4) is 0 Å². The molecule has 0 saturated heterocycles. The van der Waals surface area contributed by atoms with E-state index in [1.807, 2.05) is 6.07 Å². The van der Waals surface area contributed by atoms with Gasteiger partial charge in [0.05, 0.1) is 5.38 Å². The van der Waals surface area contributed by atoms with Gasteiger partial charge >= 0.3 is 0 Å². The predicted octanol–water partition coefficient (Wildman–Crippen LogP) is 5.71. The second kappa shape index (κ2) is 5.64. The van der Waals surface area contributed by atoms with Crippen LogP contribution in [0.4, 0.5) is 4.39 Å². The van der Waals surface area contributed by atoms with Crippen molar-refractivity contribution in [2.75, 3.05) is 0 Å². The lowest BCUT2D eigenvalue weighted by atomic mass is 9.95. The van der Waals surface area contributed by atoms with Gasteiger partial charge in [-0.1, -0.05) is 39.0 Å². The first-order chi connectivity index (χ1) is 8.88. The summed E-state index contributed by atoms with van der Waals surface area (Å²) in [5.41, 5.74) is 0.811. The molecule has 0 amide bonds. The number of halogens is 2. The van der Waals surface area contributed by atoms with Crippen LogP contribution in [-0.4, -0.2) is 0 Å². The van der Waals surface area contributed by atoms with Crippen molar-refractivity contribution < 1.29 is 4.39 Å². The molecule has 0 saturated carbocycles. The molecule has 2 rings (SSSR count). The van der Waals surface area contributed by atoms with E-state index in [0.717, 1.165) is 4.88 Å². The highest BCUT2D eigenvalue weighted by atomic mass is 35.5. The van der Waals surface area contributed by atoms with E-state index in [-0.39, 0.29) is 16.6 Å². The third-order valence-corrected chi connectivity index (χ3v) is 5.18. The third kappa shape index (κ3) is 3.58. The Labute approximate surface area is 123 Å². The molecule has 0 fully saturated rings. The van der Waals surface area contributed by atoms with Crippen LogP contribution in [0.1, 0.15) is 41.5 Å². The highest BCUT2D eigenvalue weighted by molar-refractivity contribution is 7.12. The van der Waals surface area contributed by atoms with Crippen molar-refractivity contribution in [2.24, 2.45) is 0 Å². The molecule has 0 spiro atoms. The summed E-state index contributed by atoms with van der Waals surface area (Å²) in [6.07, 6.45) is 0.526. The lowest BCUT2D eigenvalue weighted by molar-refractivity contribution is 0.604. The van der Waals surface area contributed by atoms with Gasteiger partial charge in [-0.15, -0.1) is 22.9 Å². The molecule has 0 aliphatic heterocycles. The molecule has 19 heavy (non-hydrogen) atoms. The van der Waals surface area contributed by atoms with Crippen LogP contribution in [0.15, 0.2) is 36.4 Å². The Hall–Kier alpha value is -0.860. The average Bonchev–Trinajstić information content (AvgIpc) is 2.81. The summed E-state index contributed by atoms with van der Waals surface area (Å²) in [5.74, 6) is -0.180. The molecule has 0 radical (unpaired) electrons. The molecule has 0 aliphatic carbocycles. The highest BCUT2D eigenvalue weighted by Gasteiger charge is 2.19. The smallest absolute Gasteiger partial charge is 0.126 e. The maximum atomic E-state index is 13.6. The topological polar surface area (TPSA) is 0 Å². The van der Waals surface area contributed by atoms with Crippen molar-refractivity contribution in [3.63, 3.8) is 0 Å². The molecule has 0 N–H and O–H groups in total. The minimum Gasteiger partial charge on any atom is -0.207 e. The van der Waals surface area contributed by atoms with Crippen LogP contribution in [0.2, 0.25) is 0 Å². The first kappa shape index (κ1) is 14.5. The quantitative estimate of drug-likeness (QED) is 0.637. The van der Waals surface area contributed by atoms with Crippen molar-refractivity contribution >= 4 is 22.9 Å². The number of hydrogen-bond acceptors (Lipinski definition) is 1. The number of rotatable bonds is 3. The Balaban J connectivity index is 2.15. The van der Waals surface area contributed by atoms with E-state index in [9.17, 15) is 4.39 Å². The van der Waals surface area contributed by atoms with E-state index in [1.54, 1.807) is 23.5 Å². The lowest BCUT2D eigenvalue weighted by Crippen LogP contribution is -2.07. The summed E-state index contributed by atoms with van der Waals surface area (Å²) in [7, 11) is 0. The minimum absolute atomic E-state index is 0.136. The van der Waals surface area contributed by atoms with Gasteiger partial charge in [0, 0.05) is 9.75 Å². The van der Waals surface area contributed by atoms with Gasteiger partial charge in [0.15, 0.2) is 0 Å². The Bertz CT molecular complexity index is 554. The van der Waals surface area contributed by atoms with Crippen molar-refractivity contribution in [1.82, 2.24) is 0 Å². The molecular weight excluding hydrogens is 279 g/mol. The van der Waals surface area contributed by atoms with Crippen LogP contribution in [0, 0.1) is 5.82 Å². The summed E-state index contributed by atoms with van der Waals surface area (Å²) in [4.78, 5) is 2.41. The van der Waals surface area contributed by atoms with E-state index >= 15 is 0 Å². The molecule has 1 unspecified atom stereocenters. The zero-order chi connectivity index (χ0) is 14.0. The molecule has 0 bridgehead atoms. The van der Waals surface area contributed by atoms with E-state index in [2.05, 4.69) is 32.9 Å². The van der Waals surface area contributed by atoms with Gasteiger partial charge in [0.25, 0.3) is 0 Å². The normalized spacial score (nSPS) is 13.5. The second-order valence-corrected chi connectivity index (χ2v) is 7.36. The third-order valence-electron chi connectivity index (χ3n) is 3.03. The van der Waals surface area contributed by atoms with E-state index in [1.165, 1.54) is 10.9 Å². The minimum atomic E-state index is -0.180. The molecule has 0 aliphatic rings. The maximum Gasteiger partial charge on any atom is 0.126 e. The Morgan fingerprint density at radius 3 is 2.42 bits per heavy atom. The summed E-state index contributed by atoms with van der Waals surface area (Å²) in [6, 6.07) is 11.0. The van der Waals surface area contributed by atoms with E-state index in [4.69, 9.17) is 11.6 Å². The van der Waals surface area contributed by atoms with E-state index < -0.39 is 0 Å². The average molecular weight is 297 g/mol. The SMILES string of the molecule is CC(C)(C)c1ccc(C(Cl)Cc2ccccc2F)s1. The van der Waals surface area contributed by atoms with Crippen molar-refractivity contribution in [2.45, 2.75) is 38.0 Å². The van der Waals surface area contributed by atoms with Gasteiger partial charge < -0.3 is 0 Å². The second-order valence-electron chi connectivity index (χ2n) is 5.72. The van der Waals surface area contributed by atoms with Crippen LogP contribution < -0.4 is 0 Å². The largest absolute Gasteiger partial charge is 0.207 e. The molecule has 1 aromatic carbocycles.